The van der Waals surface area contributed by atoms with Crippen LogP contribution in [-0.4, -0.2) is 22.7 Å². The molecule has 0 saturated carbocycles. The first-order valence-corrected chi connectivity index (χ1v) is 8.60. The summed E-state index contributed by atoms with van der Waals surface area (Å²) in [4.78, 5) is 20.7. The van der Waals surface area contributed by atoms with Gasteiger partial charge < -0.3 is 20.1 Å². The van der Waals surface area contributed by atoms with E-state index in [2.05, 4.69) is 27.5 Å². The maximum Gasteiger partial charge on any atom is 0.275 e. The van der Waals surface area contributed by atoms with Gasteiger partial charge in [0, 0.05) is 17.4 Å². The molecule has 0 saturated heterocycles. The summed E-state index contributed by atoms with van der Waals surface area (Å²) < 4.78 is 10.6. The molecular weight excluding hydrogens is 344 g/mol. The first-order chi connectivity index (χ1) is 13.2. The topological polar surface area (TPSA) is 85.4 Å². The smallest absolute Gasteiger partial charge is 0.275 e. The number of carbonyl (C=O) groups excluding carboxylic acids is 1. The summed E-state index contributed by atoms with van der Waals surface area (Å²) in [7, 11) is 0. The van der Waals surface area contributed by atoms with Gasteiger partial charge in [-0.05, 0) is 36.2 Å². The lowest BCUT2D eigenvalue weighted by atomic mass is 10.1. The molecule has 2 N–H and O–H groups in total. The summed E-state index contributed by atoms with van der Waals surface area (Å²) >= 11 is 0. The second kappa shape index (κ2) is 7.33. The second-order valence-electron chi connectivity index (χ2n) is 5.98. The van der Waals surface area contributed by atoms with Crippen molar-refractivity contribution in [1.29, 1.82) is 0 Å². The Morgan fingerprint density at radius 3 is 2.52 bits per heavy atom. The highest BCUT2D eigenvalue weighted by Gasteiger charge is 2.14. The fraction of sp³-hybridized carbons (Fsp3) is 0.150. The van der Waals surface area contributed by atoms with Crippen molar-refractivity contribution in [3.8, 4) is 11.5 Å². The van der Waals surface area contributed by atoms with Gasteiger partial charge in [-0.3, -0.25) is 4.79 Å². The summed E-state index contributed by atoms with van der Waals surface area (Å²) in [6.07, 6.45) is 3.91. The minimum Gasteiger partial charge on any atom is -0.454 e. The molecule has 0 radical (unpaired) electrons. The van der Waals surface area contributed by atoms with E-state index in [0.29, 0.717) is 17.3 Å². The van der Waals surface area contributed by atoms with Gasteiger partial charge in [-0.15, -0.1) is 0 Å². The third-order valence-corrected chi connectivity index (χ3v) is 4.15. The number of nitrogens with zero attached hydrogens (tertiary/aromatic N) is 2. The van der Waals surface area contributed by atoms with Crippen LogP contribution in [0.2, 0.25) is 0 Å². The van der Waals surface area contributed by atoms with Crippen molar-refractivity contribution in [3.05, 3.63) is 66.1 Å². The summed E-state index contributed by atoms with van der Waals surface area (Å²) in [5.41, 5.74) is 2.97. The van der Waals surface area contributed by atoms with Gasteiger partial charge in [0.2, 0.25) is 6.79 Å². The van der Waals surface area contributed by atoms with E-state index in [1.807, 2.05) is 42.5 Å². The number of hydrogen-bond donors (Lipinski definition) is 2. The largest absolute Gasteiger partial charge is 0.454 e. The van der Waals surface area contributed by atoms with Crippen LogP contribution in [-0.2, 0) is 6.42 Å². The molecule has 136 valence electrons. The number of carbonyl (C=O) groups is 1. The Kier molecular flexibility index (Phi) is 4.57. The third-order valence-electron chi connectivity index (χ3n) is 4.15. The molecule has 0 fully saturated rings. The molecule has 1 aliphatic heterocycles. The van der Waals surface area contributed by atoms with E-state index < -0.39 is 0 Å². The van der Waals surface area contributed by atoms with Gasteiger partial charge in [0.15, 0.2) is 11.5 Å². The lowest BCUT2D eigenvalue weighted by Gasteiger charge is -2.08. The normalized spacial score (nSPS) is 11.9. The zero-order valence-corrected chi connectivity index (χ0v) is 14.7. The quantitative estimate of drug-likeness (QED) is 0.719. The van der Waals surface area contributed by atoms with Crippen LogP contribution >= 0.6 is 0 Å². The highest BCUT2D eigenvalue weighted by Crippen LogP contribution is 2.34. The molecule has 4 rings (SSSR count). The average molecular weight is 362 g/mol. The number of anilines is 3. The molecule has 2 heterocycles. The maximum atomic E-state index is 12.3. The van der Waals surface area contributed by atoms with E-state index in [1.165, 1.54) is 18.0 Å². The molecule has 7 heteroatoms. The Hall–Kier alpha value is -3.61. The summed E-state index contributed by atoms with van der Waals surface area (Å²) in [6.45, 7) is 2.31. The molecule has 1 aliphatic rings. The van der Waals surface area contributed by atoms with Crippen molar-refractivity contribution in [1.82, 2.24) is 9.97 Å². The number of amides is 1. The van der Waals surface area contributed by atoms with Gasteiger partial charge in [0.25, 0.3) is 5.91 Å². The lowest BCUT2D eigenvalue weighted by Crippen LogP contribution is -2.14. The first kappa shape index (κ1) is 16.8. The number of hydrogen-bond acceptors (Lipinski definition) is 6. The SMILES string of the molecule is CCc1ccc(NC(=O)c2cnc(Nc3ccc4c(c3)OCO4)cn2)cc1. The molecule has 7 nitrogen and oxygen atoms in total. The molecule has 2 aromatic carbocycles. The van der Waals surface area contributed by atoms with Crippen molar-refractivity contribution >= 4 is 23.1 Å². The number of nitrogens with one attached hydrogen (secondary N) is 2. The van der Waals surface area contributed by atoms with Crippen LogP contribution in [0.25, 0.3) is 0 Å². The predicted molar refractivity (Wildman–Crippen MR) is 102 cm³/mol. The third kappa shape index (κ3) is 3.82. The number of aryl methyl sites for hydroxylation is 1. The average Bonchev–Trinajstić information content (AvgIpc) is 3.17. The molecule has 0 unspecified atom stereocenters. The second-order valence-corrected chi connectivity index (χ2v) is 5.98. The first-order valence-electron chi connectivity index (χ1n) is 8.60. The van der Waals surface area contributed by atoms with Gasteiger partial charge in [0.1, 0.15) is 11.5 Å². The molecule has 0 bridgehead atoms. The van der Waals surface area contributed by atoms with Crippen LogP contribution in [0, 0.1) is 0 Å². The maximum absolute atomic E-state index is 12.3. The number of rotatable bonds is 5. The molecule has 1 amide bonds. The van der Waals surface area contributed by atoms with Crippen LogP contribution in [0.4, 0.5) is 17.2 Å². The molecule has 27 heavy (non-hydrogen) atoms. The highest BCUT2D eigenvalue weighted by molar-refractivity contribution is 6.02. The number of ether oxygens (including phenoxy) is 2. The van der Waals surface area contributed by atoms with Gasteiger partial charge in [-0.2, -0.15) is 0 Å². The number of benzene rings is 2. The molecule has 1 aromatic heterocycles. The Morgan fingerprint density at radius 2 is 1.78 bits per heavy atom. The molecular formula is C20H18N4O3. The van der Waals surface area contributed by atoms with Crippen molar-refractivity contribution in [2.45, 2.75) is 13.3 Å². The zero-order valence-electron chi connectivity index (χ0n) is 14.7. The monoisotopic (exact) mass is 362 g/mol. The minimum absolute atomic E-state index is 0.226. The van der Waals surface area contributed by atoms with Crippen LogP contribution < -0.4 is 20.1 Å². The van der Waals surface area contributed by atoms with Crippen molar-refractivity contribution in [3.63, 3.8) is 0 Å². The number of fused-ring (bicyclic) bond motifs is 1. The Balaban J connectivity index is 1.41. The highest BCUT2D eigenvalue weighted by atomic mass is 16.7. The molecule has 0 aliphatic carbocycles. The van der Waals surface area contributed by atoms with E-state index >= 15 is 0 Å². The lowest BCUT2D eigenvalue weighted by molar-refractivity contribution is 0.102. The van der Waals surface area contributed by atoms with Gasteiger partial charge in [0.05, 0.1) is 12.4 Å². The zero-order chi connectivity index (χ0) is 18.6. The predicted octanol–water partition coefficient (Wildman–Crippen LogP) is 3.76. The fourth-order valence-corrected chi connectivity index (χ4v) is 2.65. The van der Waals surface area contributed by atoms with Crippen molar-refractivity contribution < 1.29 is 14.3 Å². The van der Waals surface area contributed by atoms with E-state index in [-0.39, 0.29) is 18.4 Å². The molecule has 3 aromatic rings. The van der Waals surface area contributed by atoms with Crippen LogP contribution in [0.15, 0.2) is 54.9 Å². The molecule has 0 spiro atoms. The van der Waals surface area contributed by atoms with Crippen molar-refractivity contribution in [2.75, 3.05) is 17.4 Å². The van der Waals surface area contributed by atoms with Crippen molar-refractivity contribution in [2.24, 2.45) is 0 Å². The fourth-order valence-electron chi connectivity index (χ4n) is 2.65. The van der Waals surface area contributed by atoms with E-state index in [9.17, 15) is 4.79 Å². The van der Waals surface area contributed by atoms with E-state index in [0.717, 1.165) is 17.8 Å². The van der Waals surface area contributed by atoms with Gasteiger partial charge in [-0.25, -0.2) is 9.97 Å². The van der Waals surface area contributed by atoms with Crippen LogP contribution in [0.1, 0.15) is 23.0 Å². The van der Waals surface area contributed by atoms with E-state index in [4.69, 9.17) is 9.47 Å². The number of aromatic nitrogens is 2. The Bertz CT molecular complexity index is 956. The van der Waals surface area contributed by atoms with Crippen LogP contribution in [0.5, 0.6) is 11.5 Å². The Labute approximate surface area is 156 Å². The summed E-state index contributed by atoms with van der Waals surface area (Å²) in [5.74, 6) is 1.61. The minimum atomic E-state index is -0.304. The summed E-state index contributed by atoms with van der Waals surface area (Å²) in [5, 5.41) is 5.94. The Morgan fingerprint density at radius 1 is 1.00 bits per heavy atom. The van der Waals surface area contributed by atoms with Crippen LogP contribution in [0.3, 0.4) is 0 Å². The standard InChI is InChI=1S/C20H18N4O3/c1-2-13-3-5-14(6-4-13)24-20(25)16-10-22-19(11-21-16)23-15-7-8-17-18(9-15)27-12-26-17/h3-11H,2,12H2,1H3,(H,22,23)(H,24,25). The van der Waals surface area contributed by atoms with Gasteiger partial charge in [-0.1, -0.05) is 19.1 Å². The summed E-state index contributed by atoms with van der Waals surface area (Å²) in [6, 6.07) is 13.2. The van der Waals surface area contributed by atoms with Gasteiger partial charge >= 0.3 is 0 Å². The molecule has 0 atom stereocenters. The van der Waals surface area contributed by atoms with E-state index in [1.54, 1.807) is 0 Å².